The van der Waals surface area contributed by atoms with Gasteiger partial charge in [0.2, 0.25) is 5.82 Å². The summed E-state index contributed by atoms with van der Waals surface area (Å²) in [6.07, 6.45) is 3.91. The zero-order valence-corrected chi connectivity index (χ0v) is 13.2. The van der Waals surface area contributed by atoms with Crippen LogP contribution in [0.4, 0.5) is 0 Å². The Morgan fingerprint density at radius 3 is 3.13 bits per heavy atom. The van der Waals surface area contributed by atoms with E-state index in [1.807, 2.05) is 22.9 Å². The highest BCUT2D eigenvalue weighted by molar-refractivity contribution is 7.08. The first-order valence-electron chi connectivity index (χ1n) is 7.49. The van der Waals surface area contributed by atoms with Crippen LogP contribution >= 0.6 is 11.3 Å². The quantitative estimate of drug-likeness (QED) is 0.736. The van der Waals surface area contributed by atoms with Crippen LogP contribution in [0, 0.1) is 0 Å². The highest BCUT2D eigenvalue weighted by Crippen LogP contribution is 2.22. The maximum absolute atomic E-state index is 12.6. The Morgan fingerprint density at radius 1 is 1.39 bits per heavy atom. The van der Waals surface area contributed by atoms with Gasteiger partial charge in [-0.1, -0.05) is 5.16 Å². The van der Waals surface area contributed by atoms with Crippen molar-refractivity contribution in [3.05, 3.63) is 45.5 Å². The summed E-state index contributed by atoms with van der Waals surface area (Å²) >= 11 is 1.56. The van der Waals surface area contributed by atoms with Gasteiger partial charge in [-0.3, -0.25) is 4.79 Å². The van der Waals surface area contributed by atoms with E-state index < -0.39 is 0 Å². The van der Waals surface area contributed by atoms with Crippen molar-refractivity contribution in [3.8, 4) is 22.8 Å². The molecule has 0 N–H and O–H groups in total. The van der Waals surface area contributed by atoms with Crippen molar-refractivity contribution in [3.63, 3.8) is 0 Å². The highest BCUT2D eigenvalue weighted by atomic mass is 32.1. The molecule has 0 radical (unpaired) electrons. The fraction of sp³-hybridized carbons (Fsp3) is 0.312. The molecule has 3 aromatic heterocycles. The lowest BCUT2D eigenvalue weighted by atomic mass is 10.2. The molecular weight excluding hydrogens is 314 g/mol. The summed E-state index contributed by atoms with van der Waals surface area (Å²) in [5.41, 5.74) is 1.17. The van der Waals surface area contributed by atoms with Crippen molar-refractivity contribution < 1.29 is 9.26 Å². The van der Waals surface area contributed by atoms with Gasteiger partial charge >= 0.3 is 0 Å². The second-order valence-electron chi connectivity index (χ2n) is 5.45. The fourth-order valence-corrected chi connectivity index (χ4v) is 3.33. The summed E-state index contributed by atoms with van der Waals surface area (Å²) in [5, 5.41) is 7.84. The average Bonchev–Trinajstić information content (AvgIpc) is 3.31. The van der Waals surface area contributed by atoms with Crippen LogP contribution < -0.4 is 5.56 Å². The van der Waals surface area contributed by atoms with Gasteiger partial charge in [-0.25, -0.2) is 0 Å². The van der Waals surface area contributed by atoms with Crippen LogP contribution in [0.25, 0.3) is 22.8 Å². The molecule has 0 amide bonds. The number of rotatable bonds is 4. The second kappa shape index (κ2) is 6.10. The van der Waals surface area contributed by atoms with Gasteiger partial charge in [0, 0.05) is 23.7 Å². The monoisotopic (exact) mass is 329 g/mol. The smallest absolute Gasteiger partial charge is 0.263 e. The molecule has 23 heavy (non-hydrogen) atoms. The van der Waals surface area contributed by atoms with Crippen molar-refractivity contribution in [2.24, 2.45) is 0 Å². The van der Waals surface area contributed by atoms with Crippen molar-refractivity contribution in [1.82, 2.24) is 14.7 Å². The van der Waals surface area contributed by atoms with Crippen LogP contribution in [0.5, 0.6) is 0 Å². The Kier molecular flexibility index (Phi) is 3.80. The largest absolute Gasteiger partial charge is 0.376 e. The summed E-state index contributed by atoms with van der Waals surface area (Å²) in [6, 6.07) is 5.44. The Balaban J connectivity index is 1.65. The van der Waals surface area contributed by atoms with Crippen LogP contribution in [0.1, 0.15) is 12.8 Å². The van der Waals surface area contributed by atoms with Crippen molar-refractivity contribution in [1.29, 1.82) is 0 Å². The summed E-state index contributed by atoms with van der Waals surface area (Å²) in [6.45, 7) is 1.32. The number of nitrogens with zero attached hydrogens (tertiary/aromatic N) is 3. The lowest BCUT2D eigenvalue weighted by Gasteiger charge is -2.11. The number of thiophene rings is 1. The SMILES string of the molecule is O=c1c(-c2nc(-c3ccsc3)no2)cccn1C[C@@H]1CCCO1. The third-order valence-corrected chi connectivity index (χ3v) is 4.56. The molecule has 3 aromatic rings. The first kappa shape index (κ1) is 14.3. The standard InChI is InChI=1S/C16H15N3O3S/c20-16-13(4-1-6-19(16)9-12-3-2-7-21-12)15-17-14(18-22-15)11-5-8-23-10-11/h1,4-6,8,10,12H,2-3,7,9H2/t12-/m0/s1. The van der Waals surface area contributed by atoms with Crippen LogP contribution in [0.15, 0.2) is 44.5 Å². The van der Waals surface area contributed by atoms with E-state index in [2.05, 4.69) is 10.1 Å². The maximum Gasteiger partial charge on any atom is 0.263 e. The van der Waals surface area contributed by atoms with Gasteiger partial charge in [0.25, 0.3) is 11.4 Å². The lowest BCUT2D eigenvalue weighted by molar-refractivity contribution is 0.0962. The van der Waals surface area contributed by atoms with E-state index in [-0.39, 0.29) is 17.6 Å². The first-order valence-corrected chi connectivity index (χ1v) is 8.43. The number of hydrogen-bond donors (Lipinski definition) is 0. The Labute approximate surface area is 136 Å². The van der Waals surface area contributed by atoms with E-state index in [9.17, 15) is 4.79 Å². The average molecular weight is 329 g/mol. The van der Waals surface area contributed by atoms with Gasteiger partial charge in [0.1, 0.15) is 5.56 Å². The minimum absolute atomic E-state index is 0.104. The van der Waals surface area contributed by atoms with Crippen LogP contribution in [-0.2, 0) is 11.3 Å². The third kappa shape index (κ3) is 2.85. The molecule has 1 atom stereocenters. The molecule has 0 unspecified atom stereocenters. The van der Waals surface area contributed by atoms with Crippen molar-refractivity contribution in [2.45, 2.75) is 25.5 Å². The highest BCUT2D eigenvalue weighted by Gasteiger charge is 2.19. The summed E-state index contributed by atoms with van der Waals surface area (Å²) < 4.78 is 12.5. The fourth-order valence-electron chi connectivity index (χ4n) is 2.69. The molecule has 7 heteroatoms. The molecule has 1 aliphatic rings. The van der Waals surface area contributed by atoms with Crippen molar-refractivity contribution >= 4 is 11.3 Å². The van der Waals surface area contributed by atoms with E-state index in [4.69, 9.17) is 9.26 Å². The van der Waals surface area contributed by atoms with Gasteiger partial charge in [-0.2, -0.15) is 16.3 Å². The van der Waals surface area contributed by atoms with E-state index in [0.717, 1.165) is 25.0 Å². The topological polar surface area (TPSA) is 70.2 Å². The van der Waals surface area contributed by atoms with Crippen LogP contribution in [-0.4, -0.2) is 27.4 Å². The van der Waals surface area contributed by atoms with Gasteiger partial charge in [-0.05, 0) is 36.4 Å². The molecule has 0 bridgehead atoms. The summed E-state index contributed by atoms with van der Waals surface area (Å²) in [5.74, 6) is 0.744. The predicted molar refractivity (Wildman–Crippen MR) is 86.3 cm³/mol. The van der Waals surface area contributed by atoms with Gasteiger partial charge in [0.05, 0.1) is 12.6 Å². The van der Waals surface area contributed by atoms with Gasteiger partial charge in [-0.15, -0.1) is 0 Å². The van der Waals surface area contributed by atoms with E-state index >= 15 is 0 Å². The van der Waals surface area contributed by atoms with E-state index in [1.54, 1.807) is 28.2 Å². The molecule has 0 aromatic carbocycles. The Hall–Kier alpha value is -2.25. The van der Waals surface area contributed by atoms with Crippen molar-refractivity contribution in [2.75, 3.05) is 6.61 Å². The number of hydrogen-bond acceptors (Lipinski definition) is 6. The third-order valence-electron chi connectivity index (χ3n) is 3.88. The van der Waals surface area contributed by atoms with Gasteiger partial charge < -0.3 is 13.8 Å². The van der Waals surface area contributed by atoms with Crippen LogP contribution in [0.2, 0.25) is 0 Å². The van der Waals surface area contributed by atoms with Gasteiger partial charge in [0.15, 0.2) is 0 Å². The molecule has 4 heterocycles. The summed E-state index contributed by atoms with van der Waals surface area (Å²) in [7, 11) is 0. The first-order chi connectivity index (χ1) is 11.3. The predicted octanol–water partition coefficient (Wildman–Crippen LogP) is 2.81. The zero-order chi connectivity index (χ0) is 15.6. The number of pyridine rings is 1. The minimum Gasteiger partial charge on any atom is -0.376 e. The lowest BCUT2D eigenvalue weighted by Crippen LogP contribution is -2.26. The number of aromatic nitrogens is 3. The molecule has 0 spiro atoms. The maximum atomic E-state index is 12.6. The molecule has 1 saturated heterocycles. The summed E-state index contributed by atoms with van der Waals surface area (Å²) in [4.78, 5) is 17.0. The molecular formula is C16H15N3O3S. The molecule has 6 nitrogen and oxygen atoms in total. The minimum atomic E-state index is -0.136. The van der Waals surface area contributed by atoms with E-state index in [1.165, 1.54) is 0 Å². The molecule has 1 fully saturated rings. The number of ether oxygens (including phenoxy) is 1. The molecule has 4 rings (SSSR count). The molecule has 1 aliphatic heterocycles. The molecule has 118 valence electrons. The molecule has 0 saturated carbocycles. The Morgan fingerprint density at radius 2 is 2.35 bits per heavy atom. The normalized spacial score (nSPS) is 17.7. The van der Waals surface area contributed by atoms with Crippen LogP contribution in [0.3, 0.4) is 0 Å². The second-order valence-corrected chi connectivity index (χ2v) is 6.23. The Bertz CT molecular complexity index is 848. The zero-order valence-electron chi connectivity index (χ0n) is 12.3. The van der Waals surface area contributed by atoms with E-state index in [0.29, 0.717) is 17.9 Å². The molecule has 0 aliphatic carbocycles.